The zero-order valence-electron chi connectivity index (χ0n) is 18.0. The normalized spacial score (nSPS) is 15.3. The van der Waals surface area contributed by atoms with Gasteiger partial charge in [0.25, 0.3) is 5.91 Å². The quantitative estimate of drug-likeness (QED) is 0.445. The number of rotatable bonds is 10. The Morgan fingerprint density at radius 2 is 1.81 bits per heavy atom. The number of anilines is 3. The lowest BCUT2D eigenvalue weighted by molar-refractivity contribution is 0.102. The van der Waals surface area contributed by atoms with E-state index in [1.807, 2.05) is 12.1 Å². The van der Waals surface area contributed by atoms with E-state index in [1.54, 1.807) is 42.5 Å². The maximum Gasteiger partial charge on any atom is 0.257 e. The topological polar surface area (TPSA) is 106 Å². The molecule has 2 aliphatic rings. The minimum atomic E-state index is -0.255. The molecule has 0 aliphatic heterocycles. The number of hydrogen-bond donors (Lipinski definition) is 3. The summed E-state index contributed by atoms with van der Waals surface area (Å²) in [6.07, 6.45) is 10.1. The number of carbonyl (C=O) groups is 1. The number of aromatic nitrogens is 4. The Kier molecular flexibility index (Phi) is 5.62. The summed E-state index contributed by atoms with van der Waals surface area (Å²) >= 11 is 0. The van der Waals surface area contributed by atoms with E-state index >= 15 is 0 Å². The van der Waals surface area contributed by atoms with E-state index in [-0.39, 0.29) is 5.91 Å². The second-order valence-electron chi connectivity index (χ2n) is 8.57. The number of hydrogen-bond acceptors (Lipinski definition) is 7. The van der Waals surface area contributed by atoms with Crippen LogP contribution in [0.1, 0.15) is 36.0 Å². The molecule has 0 atom stereocenters. The van der Waals surface area contributed by atoms with E-state index in [4.69, 9.17) is 4.74 Å². The molecule has 3 N–H and O–H groups in total. The van der Waals surface area contributed by atoms with Crippen LogP contribution in [0.5, 0.6) is 11.6 Å². The molecular weight excluding hydrogens is 406 g/mol. The van der Waals surface area contributed by atoms with Crippen LogP contribution in [0.3, 0.4) is 0 Å². The molecule has 0 radical (unpaired) electrons. The summed E-state index contributed by atoms with van der Waals surface area (Å²) in [4.78, 5) is 21.6. The Labute approximate surface area is 186 Å². The van der Waals surface area contributed by atoms with Crippen LogP contribution in [-0.4, -0.2) is 38.7 Å². The van der Waals surface area contributed by atoms with Crippen molar-refractivity contribution in [2.75, 3.05) is 29.0 Å². The van der Waals surface area contributed by atoms with Gasteiger partial charge in [-0.25, -0.2) is 9.97 Å². The molecule has 9 nitrogen and oxygen atoms in total. The monoisotopic (exact) mass is 433 g/mol. The first-order valence-corrected chi connectivity index (χ1v) is 11.0. The summed E-state index contributed by atoms with van der Waals surface area (Å²) in [6.45, 7) is 1.81. The van der Waals surface area contributed by atoms with Crippen LogP contribution in [-0.2, 0) is 7.05 Å². The Morgan fingerprint density at radius 3 is 2.47 bits per heavy atom. The first-order valence-electron chi connectivity index (χ1n) is 11.0. The summed E-state index contributed by atoms with van der Waals surface area (Å²) in [5, 5.41) is 13.7. The Morgan fingerprint density at radius 1 is 1.03 bits per heavy atom. The third-order valence-corrected chi connectivity index (χ3v) is 5.54. The van der Waals surface area contributed by atoms with Gasteiger partial charge in [0, 0.05) is 49.7 Å². The van der Waals surface area contributed by atoms with Crippen LogP contribution in [0.15, 0.2) is 42.9 Å². The molecular formula is C23H27N7O2. The van der Waals surface area contributed by atoms with E-state index in [9.17, 15) is 4.79 Å². The Bertz CT molecular complexity index is 1090. The molecule has 166 valence electrons. The summed E-state index contributed by atoms with van der Waals surface area (Å²) in [7, 11) is 1.80. The molecule has 2 aromatic heterocycles. The van der Waals surface area contributed by atoms with Gasteiger partial charge in [-0.05, 0) is 49.7 Å². The van der Waals surface area contributed by atoms with Crippen molar-refractivity contribution >= 4 is 23.2 Å². The number of ether oxygens (including phenoxy) is 1. The molecule has 9 heteroatoms. The molecule has 0 saturated heterocycles. The van der Waals surface area contributed by atoms with E-state index in [2.05, 4.69) is 31.0 Å². The maximum absolute atomic E-state index is 12.8. The van der Waals surface area contributed by atoms with Gasteiger partial charge in [0.15, 0.2) is 5.82 Å². The number of benzene rings is 1. The van der Waals surface area contributed by atoms with Gasteiger partial charge in [0.05, 0.1) is 12.4 Å². The zero-order valence-corrected chi connectivity index (χ0v) is 18.0. The largest absolute Gasteiger partial charge is 0.437 e. The highest BCUT2D eigenvalue weighted by Gasteiger charge is 2.22. The van der Waals surface area contributed by atoms with Gasteiger partial charge >= 0.3 is 0 Å². The zero-order chi connectivity index (χ0) is 21.9. The lowest BCUT2D eigenvalue weighted by Gasteiger charge is -2.12. The summed E-state index contributed by atoms with van der Waals surface area (Å²) < 4.78 is 7.58. The van der Waals surface area contributed by atoms with Crippen LogP contribution in [0.25, 0.3) is 0 Å². The third-order valence-electron chi connectivity index (χ3n) is 5.54. The number of amides is 1. The van der Waals surface area contributed by atoms with E-state index < -0.39 is 0 Å². The van der Waals surface area contributed by atoms with Crippen LogP contribution >= 0.6 is 0 Å². The number of aryl methyl sites for hydroxylation is 1. The van der Waals surface area contributed by atoms with Gasteiger partial charge in [-0.3, -0.25) is 9.48 Å². The fourth-order valence-electron chi connectivity index (χ4n) is 3.30. The van der Waals surface area contributed by atoms with Crippen LogP contribution in [0.4, 0.5) is 17.3 Å². The number of nitrogens with one attached hydrogen (secondary N) is 3. The van der Waals surface area contributed by atoms with Crippen molar-refractivity contribution in [1.82, 2.24) is 19.7 Å². The molecule has 3 aromatic rings. The molecule has 2 heterocycles. The van der Waals surface area contributed by atoms with E-state index in [1.165, 1.54) is 25.7 Å². The lowest BCUT2D eigenvalue weighted by atomic mass is 10.1. The molecule has 1 amide bonds. The van der Waals surface area contributed by atoms with Crippen molar-refractivity contribution in [3.8, 4) is 11.6 Å². The predicted octanol–water partition coefficient (Wildman–Crippen LogP) is 3.90. The molecule has 2 fully saturated rings. The fraction of sp³-hybridized carbons (Fsp3) is 0.391. The van der Waals surface area contributed by atoms with E-state index in [0.29, 0.717) is 28.9 Å². The predicted molar refractivity (Wildman–Crippen MR) is 122 cm³/mol. The Balaban J connectivity index is 1.30. The number of nitrogens with zero attached hydrogens (tertiary/aromatic N) is 4. The number of carbonyl (C=O) groups excluding carboxylic acids is 1. The van der Waals surface area contributed by atoms with Crippen LogP contribution in [0.2, 0.25) is 0 Å². The minimum absolute atomic E-state index is 0.255. The van der Waals surface area contributed by atoms with Crippen molar-refractivity contribution < 1.29 is 9.53 Å². The van der Waals surface area contributed by atoms with E-state index in [0.717, 1.165) is 30.5 Å². The Hall–Kier alpha value is -3.62. The van der Waals surface area contributed by atoms with Crippen LogP contribution < -0.4 is 20.7 Å². The highest BCUT2D eigenvalue weighted by atomic mass is 16.5. The highest BCUT2D eigenvalue weighted by Crippen LogP contribution is 2.31. The molecule has 1 aromatic carbocycles. The molecule has 2 saturated carbocycles. The average Bonchev–Trinajstić information content (AvgIpc) is 3.72. The summed E-state index contributed by atoms with van der Waals surface area (Å²) in [6, 6.07) is 7.14. The molecule has 0 unspecified atom stereocenters. The summed E-state index contributed by atoms with van der Waals surface area (Å²) in [5.41, 5.74) is 1.30. The smallest absolute Gasteiger partial charge is 0.257 e. The minimum Gasteiger partial charge on any atom is -0.437 e. The lowest BCUT2D eigenvalue weighted by Crippen LogP contribution is -2.13. The van der Waals surface area contributed by atoms with Crippen molar-refractivity contribution in [3.63, 3.8) is 0 Å². The second kappa shape index (κ2) is 8.86. The molecule has 32 heavy (non-hydrogen) atoms. The molecule has 5 rings (SSSR count). The fourth-order valence-corrected chi connectivity index (χ4v) is 3.30. The van der Waals surface area contributed by atoms with Crippen molar-refractivity contribution in [2.45, 2.75) is 25.7 Å². The van der Waals surface area contributed by atoms with Gasteiger partial charge in [-0.2, -0.15) is 5.10 Å². The van der Waals surface area contributed by atoms with Gasteiger partial charge in [0.2, 0.25) is 5.88 Å². The van der Waals surface area contributed by atoms with Crippen molar-refractivity contribution in [3.05, 3.63) is 48.4 Å². The maximum atomic E-state index is 12.8. The second-order valence-corrected chi connectivity index (χ2v) is 8.57. The summed E-state index contributed by atoms with van der Waals surface area (Å²) in [5.74, 6) is 3.33. The van der Waals surface area contributed by atoms with Gasteiger partial charge in [-0.1, -0.05) is 0 Å². The van der Waals surface area contributed by atoms with Gasteiger partial charge in [0.1, 0.15) is 11.6 Å². The average molecular weight is 434 g/mol. The first-order chi connectivity index (χ1) is 15.6. The highest BCUT2D eigenvalue weighted by molar-refractivity contribution is 6.04. The van der Waals surface area contributed by atoms with Gasteiger partial charge < -0.3 is 20.7 Å². The standard InChI is InChI=1S/C23H27N7O2/c1-30-7-6-20(29-30)28-23(31)17-8-18(24-11-15-2-3-15)10-19(9-17)32-22-14-26-21(13-27-22)25-12-16-4-5-16/h6-10,13-16,24H,2-5,11-12H2,1H3,(H,25,26)(H,28,29,31). The van der Waals surface area contributed by atoms with Crippen LogP contribution in [0, 0.1) is 11.8 Å². The first kappa shape index (κ1) is 20.3. The molecule has 0 bridgehead atoms. The molecule has 2 aliphatic carbocycles. The third kappa shape index (κ3) is 5.54. The van der Waals surface area contributed by atoms with Crippen molar-refractivity contribution in [2.24, 2.45) is 18.9 Å². The van der Waals surface area contributed by atoms with Crippen molar-refractivity contribution in [1.29, 1.82) is 0 Å². The van der Waals surface area contributed by atoms with Gasteiger partial charge in [-0.15, -0.1) is 0 Å². The SMILES string of the molecule is Cn1ccc(NC(=O)c2cc(NCC3CC3)cc(Oc3cnc(NCC4CC4)cn3)c2)n1. The molecule has 0 spiro atoms.